The van der Waals surface area contributed by atoms with Gasteiger partial charge in [-0.05, 0) is 6.07 Å². The SMILES string of the molecule is NCC(F)c1ccc([N+](=O)[O-])cn1. The third-order valence-corrected chi connectivity index (χ3v) is 1.51. The summed E-state index contributed by atoms with van der Waals surface area (Å²) in [6.07, 6.45) is -0.349. The normalized spacial score (nSPS) is 12.5. The fourth-order valence-corrected chi connectivity index (χ4v) is 0.812. The molecule has 1 aromatic heterocycles. The molecule has 13 heavy (non-hydrogen) atoms. The fourth-order valence-electron chi connectivity index (χ4n) is 0.812. The second-order valence-corrected chi connectivity index (χ2v) is 2.40. The third-order valence-electron chi connectivity index (χ3n) is 1.51. The van der Waals surface area contributed by atoms with Crippen LogP contribution in [-0.4, -0.2) is 16.5 Å². The molecule has 1 aromatic rings. The van der Waals surface area contributed by atoms with Crippen LogP contribution in [0.5, 0.6) is 0 Å². The summed E-state index contributed by atoms with van der Waals surface area (Å²) in [5.74, 6) is 0. The van der Waals surface area contributed by atoms with Gasteiger partial charge >= 0.3 is 0 Å². The topological polar surface area (TPSA) is 82.0 Å². The molecule has 1 heterocycles. The van der Waals surface area contributed by atoms with E-state index in [4.69, 9.17) is 5.73 Å². The summed E-state index contributed by atoms with van der Waals surface area (Å²) < 4.78 is 12.8. The summed E-state index contributed by atoms with van der Waals surface area (Å²) in [6, 6.07) is 2.46. The molecule has 1 rings (SSSR count). The Morgan fingerprint density at radius 1 is 1.69 bits per heavy atom. The van der Waals surface area contributed by atoms with Gasteiger partial charge < -0.3 is 5.73 Å². The quantitative estimate of drug-likeness (QED) is 0.561. The smallest absolute Gasteiger partial charge is 0.287 e. The molecule has 0 radical (unpaired) electrons. The zero-order chi connectivity index (χ0) is 9.84. The highest BCUT2D eigenvalue weighted by molar-refractivity contribution is 5.27. The standard InChI is InChI=1S/C7H8FN3O2/c8-6(3-9)7-2-1-5(4-10-7)11(12)13/h1-2,4,6H,3,9H2. The summed E-state index contributed by atoms with van der Waals surface area (Å²) in [7, 11) is 0. The van der Waals surface area contributed by atoms with Crippen LogP contribution in [0.15, 0.2) is 18.3 Å². The molecule has 6 heteroatoms. The van der Waals surface area contributed by atoms with Crippen LogP contribution >= 0.6 is 0 Å². The van der Waals surface area contributed by atoms with E-state index in [0.29, 0.717) is 0 Å². The molecule has 2 N–H and O–H groups in total. The molecule has 0 saturated carbocycles. The van der Waals surface area contributed by atoms with Gasteiger partial charge in [-0.15, -0.1) is 0 Å². The molecular formula is C7H8FN3O2. The summed E-state index contributed by atoms with van der Waals surface area (Å²) in [5, 5.41) is 10.2. The minimum atomic E-state index is -1.36. The van der Waals surface area contributed by atoms with Crippen molar-refractivity contribution in [2.75, 3.05) is 6.54 Å². The second-order valence-electron chi connectivity index (χ2n) is 2.40. The fraction of sp³-hybridized carbons (Fsp3) is 0.286. The number of rotatable bonds is 3. The van der Waals surface area contributed by atoms with E-state index in [0.717, 1.165) is 6.20 Å². The molecule has 0 bridgehead atoms. The molecule has 0 amide bonds. The predicted octanol–water partition coefficient (Wildman–Crippen LogP) is 0.959. The number of nitrogens with two attached hydrogens (primary N) is 1. The van der Waals surface area contributed by atoms with E-state index >= 15 is 0 Å². The number of hydrogen-bond donors (Lipinski definition) is 1. The van der Waals surface area contributed by atoms with E-state index in [-0.39, 0.29) is 17.9 Å². The van der Waals surface area contributed by atoms with Gasteiger partial charge in [0.05, 0.1) is 10.6 Å². The van der Waals surface area contributed by atoms with Crippen molar-refractivity contribution in [2.24, 2.45) is 5.73 Å². The Bertz CT molecular complexity index is 301. The molecule has 0 saturated heterocycles. The van der Waals surface area contributed by atoms with Crippen molar-refractivity contribution in [1.29, 1.82) is 0 Å². The molecule has 0 aliphatic carbocycles. The van der Waals surface area contributed by atoms with Crippen molar-refractivity contribution >= 4 is 5.69 Å². The number of nitrogens with zero attached hydrogens (tertiary/aromatic N) is 2. The van der Waals surface area contributed by atoms with Crippen molar-refractivity contribution < 1.29 is 9.31 Å². The molecule has 5 nitrogen and oxygen atoms in total. The van der Waals surface area contributed by atoms with Gasteiger partial charge in [0, 0.05) is 12.6 Å². The molecule has 0 aromatic carbocycles. The van der Waals surface area contributed by atoms with E-state index in [2.05, 4.69) is 4.98 Å². The zero-order valence-electron chi connectivity index (χ0n) is 6.68. The van der Waals surface area contributed by atoms with Crippen LogP contribution in [0.25, 0.3) is 0 Å². The first-order valence-electron chi connectivity index (χ1n) is 3.59. The molecule has 1 atom stereocenters. The molecule has 0 aliphatic heterocycles. The first-order chi connectivity index (χ1) is 6.15. The van der Waals surface area contributed by atoms with Crippen LogP contribution in [0.4, 0.5) is 10.1 Å². The van der Waals surface area contributed by atoms with Crippen LogP contribution in [-0.2, 0) is 0 Å². The maximum absolute atomic E-state index is 12.8. The number of halogens is 1. The highest BCUT2D eigenvalue weighted by atomic mass is 19.1. The number of alkyl halides is 1. The molecule has 1 unspecified atom stereocenters. The highest BCUT2D eigenvalue weighted by Gasteiger charge is 2.11. The maximum Gasteiger partial charge on any atom is 0.287 e. The Hall–Kier alpha value is -1.56. The van der Waals surface area contributed by atoms with Crippen LogP contribution in [0.1, 0.15) is 11.9 Å². The third kappa shape index (κ3) is 2.19. The maximum atomic E-state index is 12.8. The number of nitro groups is 1. The van der Waals surface area contributed by atoms with Gasteiger partial charge in [0.1, 0.15) is 6.20 Å². The van der Waals surface area contributed by atoms with E-state index in [1.54, 1.807) is 0 Å². The van der Waals surface area contributed by atoms with Crippen LogP contribution < -0.4 is 5.73 Å². The van der Waals surface area contributed by atoms with Gasteiger partial charge in [-0.25, -0.2) is 4.39 Å². The van der Waals surface area contributed by atoms with Crippen LogP contribution in [0.3, 0.4) is 0 Å². The Kier molecular flexibility index (Phi) is 2.86. The minimum Gasteiger partial charge on any atom is -0.327 e. The number of pyridine rings is 1. The average Bonchev–Trinajstić information content (AvgIpc) is 2.17. The lowest BCUT2D eigenvalue weighted by Crippen LogP contribution is -2.09. The lowest BCUT2D eigenvalue weighted by Gasteiger charge is -2.02. The monoisotopic (exact) mass is 185 g/mol. The molecule has 0 spiro atoms. The van der Waals surface area contributed by atoms with Crippen molar-refractivity contribution in [3.05, 3.63) is 34.1 Å². The number of hydrogen-bond acceptors (Lipinski definition) is 4. The highest BCUT2D eigenvalue weighted by Crippen LogP contribution is 2.16. The van der Waals surface area contributed by atoms with Gasteiger partial charge in [0.15, 0.2) is 6.17 Å². The van der Waals surface area contributed by atoms with E-state index < -0.39 is 11.1 Å². The first-order valence-corrected chi connectivity index (χ1v) is 3.59. The summed E-state index contributed by atoms with van der Waals surface area (Å²) in [4.78, 5) is 13.2. The molecule has 70 valence electrons. The van der Waals surface area contributed by atoms with Crippen molar-refractivity contribution in [3.8, 4) is 0 Å². The lowest BCUT2D eigenvalue weighted by molar-refractivity contribution is -0.385. The average molecular weight is 185 g/mol. The van der Waals surface area contributed by atoms with Crippen molar-refractivity contribution in [1.82, 2.24) is 4.98 Å². The lowest BCUT2D eigenvalue weighted by atomic mass is 10.2. The summed E-state index contributed by atoms with van der Waals surface area (Å²) in [6.45, 7) is -0.176. The largest absolute Gasteiger partial charge is 0.327 e. The Morgan fingerprint density at radius 3 is 2.77 bits per heavy atom. The summed E-state index contributed by atoms with van der Waals surface area (Å²) in [5.41, 5.74) is 5.01. The van der Waals surface area contributed by atoms with Gasteiger partial charge in [-0.2, -0.15) is 0 Å². The van der Waals surface area contributed by atoms with Crippen LogP contribution in [0, 0.1) is 10.1 Å². The second kappa shape index (κ2) is 3.90. The predicted molar refractivity (Wildman–Crippen MR) is 43.8 cm³/mol. The van der Waals surface area contributed by atoms with Gasteiger partial charge in [0.2, 0.25) is 0 Å². The summed E-state index contributed by atoms with van der Waals surface area (Å²) >= 11 is 0. The van der Waals surface area contributed by atoms with Gasteiger partial charge in [-0.3, -0.25) is 15.1 Å². The van der Waals surface area contributed by atoms with Crippen LogP contribution in [0.2, 0.25) is 0 Å². The van der Waals surface area contributed by atoms with Crippen molar-refractivity contribution in [2.45, 2.75) is 6.17 Å². The molecular weight excluding hydrogens is 177 g/mol. The van der Waals surface area contributed by atoms with E-state index in [1.807, 2.05) is 0 Å². The van der Waals surface area contributed by atoms with Crippen molar-refractivity contribution in [3.63, 3.8) is 0 Å². The molecule has 0 fully saturated rings. The number of aromatic nitrogens is 1. The molecule has 0 aliphatic rings. The Balaban J connectivity index is 2.87. The van der Waals surface area contributed by atoms with Gasteiger partial charge in [-0.1, -0.05) is 0 Å². The first kappa shape index (κ1) is 9.53. The Morgan fingerprint density at radius 2 is 2.38 bits per heavy atom. The van der Waals surface area contributed by atoms with E-state index in [9.17, 15) is 14.5 Å². The Labute approximate surface area is 73.5 Å². The van der Waals surface area contributed by atoms with Gasteiger partial charge in [0.25, 0.3) is 5.69 Å². The zero-order valence-corrected chi connectivity index (χ0v) is 6.68. The minimum absolute atomic E-state index is 0.119. The van der Waals surface area contributed by atoms with E-state index in [1.165, 1.54) is 12.1 Å².